The first-order valence-electron chi connectivity index (χ1n) is 2.03. The Bertz CT molecular complexity index is 152. The minimum absolute atomic E-state index is 0.583. The third-order valence-corrected chi connectivity index (χ3v) is 1.33. The Morgan fingerprint density at radius 3 is 2.75 bits per heavy atom. The van der Waals surface area contributed by atoms with E-state index in [-0.39, 0.29) is 0 Å². The molecule has 1 heterocycles. The van der Waals surface area contributed by atoms with Crippen molar-refractivity contribution in [2.75, 3.05) is 0 Å². The molecule has 0 aromatic rings. The van der Waals surface area contributed by atoms with Gasteiger partial charge in [-0.25, -0.2) is 0 Å². The maximum absolute atomic E-state index is 5.53. The summed E-state index contributed by atoms with van der Waals surface area (Å²) in [7, 11) is 0. The van der Waals surface area contributed by atoms with Crippen LogP contribution in [-0.2, 0) is 0 Å². The Labute approximate surface area is 60.7 Å². The van der Waals surface area contributed by atoms with Gasteiger partial charge in [-0.05, 0) is 22.0 Å². The molecule has 0 atom stereocenters. The van der Waals surface area contributed by atoms with E-state index in [1.54, 1.807) is 12.3 Å². The molecule has 2 nitrogen and oxygen atoms in total. The number of nitrogens with one attached hydrogen (secondary N) is 2. The first-order valence-corrected chi connectivity index (χ1v) is 3.20. The van der Waals surface area contributed by atoms with Crippen LogP contribution in [0.4, 0.5) is 0 Å². The molecule has 0 aliphatic carbocycles. The van der Waals surface area contributed by atoms with Crippen LogP contribution in [0.3, 0.4) is 0 Å². The summed E-state index contributed by atoms with van der Waals surface area (Å²) in [6.07, 6.45) is 3.52. The second kappa shape index (κ2) is 2.42. The van der Waals surface area contributed by atoms with Gasteiger partial charge in [0.2, 0.25) is 0 Å². The van der Waals surface area contributed by atoms with E-state index in [1.165, 1.54) is 0 Å². The van der Waals surface area contributed by atoms with Crippen molar-refractivity contribution in [2.45, 2.75) is 0 Å². The molecular weight excluding hydrogens is 191 g/mol. The number of allylic oxidation sites excluding steroid dienone is 2. The first kappa shape index (κ1) is 5.98. The molecule has 0 radical (unpaired) electrons. The highest BCUT2D eigenvalue weighted by molar-refractivity contribution is 9.11. The number of rotatable bonds is 0. The maximum Gasteiger partial charge on any atom is 0.121 e. The first-order chi connectivity index (χ1) is 3.79. The zero-order valence-corrected chi connectivity index (χ0v) is 6.25. The van der Waals surface area contributed by atoms with Gasteiger partial charge in [0.25, 0.3) is 0 Å². The van der Waals surface area contributed by atoms with Gasteiger partial charge in [0.15, 0.2) is 0 Å². The fraction of sp³-hybridized carbons (Fsp3) is 0. The molecule has 44 valence electrons. The Balaban J connectivity index is 2.69. The molecule has 0 aromatic carbocycles. The molecule has 0 bridgehead atoms. The highest BCUT2D eigenvalue weighted by atomic mass is 79.9. The SMILES string of the molecule is ClC1=CC(Br)=CNN1. The second-order valence-electron chi connectivity index (χ2n) is 1.29. The van der Waals surface area contributed by atoms with Crippen molar-refractivity contribution in [3.63, 3.8) is 0 Å². The lowest BCUT2D eigenvalue weighted by atomic mass is 10.5. The fourth-order valence-corrected chi connectivity index (χ4v) is 1.02. The van der Waals surface area contributed by atoms with Crippen molar-refractivity contribution in [1.82, 2.24) is 10.9 Å². The molecule has 0 amide bonds. The van der Waals surface area contributed by atoms with Gasteiger partial charge in [-0.2, -0.15) is 0 Å². The van der Waals surface area contributed by atoms with Crippen LogP contribution in [0.25, 0.3) is 0 Å². The van der Waals surface area contributed by atoms with Gasteiger partial charge in [-0.1, -0.05) is 11.6 Å². The van der Waals surface area contributed by atoms with Crippen LogP contribution in [0.2, 0.25) is 0 Å². The molecule has 1 aliphatic heterocycles. The van der Waals surface area contributed by atoms with E-state index < -0.39 is 0 Å². The molecule has 0 spiro atoms. The van der Waals surface area contributed by atoms with Gasteiger partial charge in [0, 0.05) is 10.7 Å². The third-order valence-electron chi connectivity index (χ3n) is 0.666. The number of hydrogen-bond acceptors (Lipinski definition) is 2. The van der Waals surface area contributed by atoms with Gasteiger partial charge in [-0.3, -0.25) is 5.43 Å². The summed E-state index contributed by atoms with van der Waals surface area (Å²) >= 11 is 8.75. The zero-order valence-electron chi connectivity index (χ0n) is 3.91. The Morgan fingerprint density at radius 1 is 1.62 bits per heavy atom. The highest BCUT2D eigenvalue weighted by Crippen LogP contribution is 2.11. The van der Waals surface area contributed by atoms with Crippen molar-refractivity contribution in [3.05, 3.63) is 21.9 Å². The normalized spacial score (nSPS) is 17.8. The largest absolute Gasteiger partial charge is 0.306 e. The van der Waals surface area contributed by atoms with Crippen LogP contribution in [0.15, 0.2) is 21.9 Å². The van der Waals surface area contributed by atoms with E-state index in [0.29, 0.717) is 5.16 Å². The molecular formula is C4H4BrClN2. The Hall–Kier alpha value is -0.150. The van der Waals surface area contributed by atoms with Crippen molar-refractivity contribution in [1.29, 1.82) is 0 Å². The number of hydrazine groups is 1. The predicted molar refractivity (Wildman–Crippen MR) is 37.2 cm³/mol. The van der Waals surface area contributed by atoms with Crippen LogP contribution in [0.1, 0.15) is 0 Å². The van der Waals surface area contributed by atoms with E-state index in [0.717, 1.165) is 4.48 Å². The van der Waals surface area contributed by atoms with Crippen LogP contribution >= 0.6 is 27.5 Å². The average molecular weight is 195 g/mol. The highest BCUT2D eigenvalue weighted by Gasteiger charge is 1.95. The van der Waals surface area contributed by atoms with Crippen molar-refractivity contribution in [2.24, 2.45) is 0 Å². The number of halogens is 2. The van der Waals surface area contributed by atoms with Crippen LogP contribution in [0, 0.1) is 0 Å². The predicted octanol–water partition coefficient (Wildman–Crippen LogP) is 1.41. The molecule has 8 heavy (non-hydrogen) atoms. The minimum atomic E-state index is 0.583. The zero-order chi connectivity index (χ0) is 5.98. The lowest BCUT2D eigenvalue weighted by Gasteiger charge is -2.08. The molecule has 0 saturated heterocycles. The summed E-state index contributed by atoms with van der Waals surface area (Å²) in [6, 6.07) is 0. The van der Waals surface area contributed by atoms with Crippen LogP contribution < -0.4 is 10.9 Å². The van der Waals surface area contributed by atoms with Gasteiger partial charge in [0.1, 0.15) is 5.16 Å². The molecule has 0 aromatic heterocycles. The molecule has 4 heteroatoms. The molecule has 2 N–H and O–H groups in total. The van der Waals surface area contributed by atoms with E-state index in [1.807, 2.05) is 0 Å². The summed E-state index contributed by atoms with van der Waals surface area (Å²) in [5.41, 5.74) is 5.41. The molecule has 0 saturated carbocycles. The smallest absolute Gasteiger partial charge is 0.121 e. The molecule has 0 fully saturated rings. The Kier molecular flexibility index (Phi) is 1.81. The average Bonchev–Trinajstić information content (AvgIpc) is 1.64. The second-order valence-corrected chi connectivity index (χ2v) is 2.61. The minimum Gasteiger partial charge on any atom is -0.306 e. The van der Waals surface area contributed by atoms with Crippen molar-refractivity contribution >= 4 is 27.5 Å². The van der Waals surface area contributed by atoms with Crippen LogP contribution in [-0.4, -0.2) is 0 Å². The van der Waals surface area contributed by atoms with Gasteiger partial charge in [-0.15, -0.1) is 0 Å². The summed E-state index contributed by atoms with van der Waals surface area (Å²) in [5, 5.41) is 0.583. The monoisotopic (exact) mass is 194 g/mol. The van der Waals surface area contributed by atoms with Gasteiger partial charge < -0.3 is 5.43 Å². The number of hydrogen-bond donors (Lipinski definition) is 2. The maximum atomic E-state index is 5.53. The summed E-state index contributed by atoms with van der Waals surface area (Å²) < 4.78 is 0.932. The van der Waals surface area contributed by atoms with Crippen LogP contribution in [0.5, 0.6) is 0 Å². The molecule has 0 unspecified atom stereocenters. The fourth-order valence-electron chi connectivity index (χ4n) is 0.373. The lowest BCUT2D eigenvalue weighted by Crippen LogP contribution is -2.26. The van der Waals surface area contributed by atoms with Gasteiger partial charge >= 0.3 is 0 Å². The van der Waals surface area contributed by atoms with Gasteiger partial charge in [0.05, 0.1) is 0 Å². The van der Waals surface area contributed by atoms with E-state index >= 15 is 0 Å². The van der Waals surface area contributed by atoms with E-state index in [9.17, 15) is 0 Å². The molecule has 1 rings (SSSR count). The van der Waals surface area contributed by atoms with Crippen molar-refractivity contribution in [3.8, 4) is 0 Å². The Morgan fingerprint density at radius 2 is 2.38 bits per heavy atom. The molecule has 1 aliphatic rings. The standard InChI is InChI=1S/C4H4BrClN2/c5-3-1-4(6)8-7-2-3/h1-2,7-8H. The summed E-state index contributed by atoms with van der Waals surface area (Å²) in [6.45, 7) is 0. The summed E-state index contributed by atoms with van der Waals surface area (Å²) in [5.74, 6) is 0. The lowest BCUT2D eigenvalue weighted by molar-refractivity contribution is 0.751. The van der Waals surface area contributed by atoms with E-state index in [4.69, 9.17) is 11.6 Å². The third kappa shape index (κ3) is 1.42. The quantitative estimate of drug-likeness (QED) is 0.571. The topological polar surface area (TPSA) is 24.1 Å². The van der Waals surface area contributed by atoms with Crippen molar-refractivity contribution < 1.29 is 0 Å². The van der Waals surface area contributed by atoms with E-state index in [2.05, 4.69) is 26.8 Å². The summed E-state index contributed by atoms with van der Waals surface area (Å²) in [4.78, 5) is 0.